The maximum Gasteiger partial charge on any atom is 0.226 e. The Morgan fingerprint density at radius 1 is 1.25 bits per heavy atom. The predicted octanol–water partition coefficient (Wildman–Crippen LogP) is 1.13. The first-order valence-electron chi connectivity index (χ1n) is 7.69. The molecule has 1 unspecified atom stereocenters. The van der Waals surface area contributed by atoms with Gasteiger partial charge in [-0.3, -0.25) is 4.90 Å². The summed E-state index contributed by atoms with van der Waals surface area (Å²) in [5.74, 6) is 2.12. The monoisotopic (exact) mass is 280 g/mol. The zero-order valence-corrected chi connectivity index (χ0v) is 12.0. The lowest BCUT2D eigenvalue weighted by atomic mass is 10.0. The van der Waals surface area contributed by atoms with Gasteiger partial charge in [0.15, 0.2) is 5.82 Å². The molecule has 0 spiro atoms. The zero-order chi connectivity index (χ0) is 13.8. The molecule has 6 heteroatoms. The summed E-state index contributed by atoms with van der Waals surface area (Å²) in [5.41, 5.74) is 6.18. The summed E-state index contributed by atoms with van der Waals surface area (Å²) >= 11 is 0. The number of nitrogens with two attached hydrogens (primary N) is 1. The van der Waals surface area contributed by atoms with Gasteiger partial charge in [-0.15, -0.1) is 0 Å². The molecule has 1 atom stereocenters. The Hall–Kier alpha value is -0.980. The normalized spacial score (nSPS) is 23.2. The number of ether oxygens (including phenoxy) is 1. The third kappa shape index (κ3) is 3.56. The van der Waals surface area contributed by atoms with Crippen LogP contribution in [0.1, 0.15) is 43.4 Å². The van der Waals surface area contributed by atoms with Crippen LogP contribution in [-0.4, -0.2) is 47.9 Å². The zero-order valence-electron chi connectivity index (χ0n) is 12.0. The first-order chi connectivity index (χ1) is 9.81. The van der Waals surface area contributed by atoms with E-state index in [9.17, 15) is 0 Å². The molecular formula is C14H24N4O2. The van der Waals surface area contributed by atoms with Gasteiger partial charge in [0.25, 0.3) is 0 Å². The summed E-state index contributed by atoms with van der Waals surface area (Å²) in [7, 11) is 0. The first-order valence-corrected chi connectivity index (χ1v) is 7.69. The molecule has 1 aliphatic carbocycles. The van der Waals surface area contributed by atoms with Crippen molar-refractivity contribution in [3.8, 4) is 0 Å². The minimum atomic E-state index is -0.172. The van der Waals surface area contributed by atoms with Crippen LogP contribution >= 0.6 is 0 Å². The number of hydrogen-bond acceptors (Lipinski definition) is 6. The van der Waals surface area contributed by atoms with Crippen LogP contribution in [0.15, 0.2) is 4.52 Å². The fraction of sp³-hybridized carbons (Fsp3) is 0.857. The number of morpholine rings is 1. The van der Waals surface area contributed by atoms with Crippen molar-refractivity contribution in [2.24, 2.45) is 11.7 Å². The quantitative estimate of drug-likeness (QED) is 0.871. The van der Waals surface area contributed by atoms with Crippen LogP contribution in [0, 0.1) is 5.92 Å². The summed E-state index contributed by atoms with van der Waals surface area (Å²) < 4.78 is 10.7. The van der Waals surface area contributed by atoms with Gasteiger partial charge in [0.1, 0.15) is 0 Å². The van der Waals surface area contributed by atoms with E-state index in [1.165, 1.54) is 25.7 Å². The summed E-state index contributed by atoms with van der Waals surface area (Å²) in [5, 5.41) is 4.05. The molecule has 0 amide bonds. The standard InChI is InChI=1S/C14H24N4O2/c15-12(10-18-5-7-19-8-6-18)14-16-13(20-17-14)9-11-3-1-2-4-11/h11-12H,1-10,15H2. The molecule has 0 radical (unpaired) electrons. The lowest BCUT2D eigenvalue weighted by molar-refractivity contribution is 0.0348. The molecule has 1 aliphatic heterocycles. The number of nitrogens with zero attached hydrogens (tertiary/aromatic N) is 3. The molecule has 112 valence electrons. The van der Waals surface area contributed by atoms with Crippen molar-refractivity contribution < 1.29 is 9.26 Å². The van der Waals surface area contributed by atoms with Gasteiger partial charge in [0, 0.05) is 26.1 Å². The third-order valence-electron chi connectivity index (χ3n) is 4.31. The minimum Gasteiger partial charge on any atom is -0.379 e. The van der Waals surface area contributed by atoms with Crippen molar-refractivity contribution in [3.05, 3.63) is 11.7 Å². The van der Waals surface area contributed by atoms with Gasteiger partial charge < -0.3 is 15.0 Å². The van der Waals surface area contributed by atoms with Gasteiger partial charge in [-0.1, -0.05) is 18.0 Å². The van der Waals surface area contributed by atoms with E-state index in [1.807, 2.05) is 0 Å². The van der Waals surface area contributed by atoms with Crippen LogP contribution in [0.2, 0.25) is 0 Å². The summed E-state index contributed by atoms with van der Waals surface area (Å²) in [6.45, 7) is 4.20. The van der Waals surface area contributed by atoms with Crippen molar-refractivity contribution in [3.63, 3.8) is 0 Å². The Morgan fingerprint density at radius 3 is 2.75 bits per heavy atom. The second-order valence-corrected chi connectivity index (χ2v) is 5.92. The van der Waals surface area contributed by atoms with Crippen LogP contribution in [0.3, 0.4) is 0 Å². The SMILES string of the molecule is NC(CN1CCOCC1)c1noc(CC2CCCC2)n1. The van der Waals surface area contributed by atoms with E-state index >= 15 is 0 Å². The van der Waals surface area contributed by atoms with Crippen molar-refractivity contribution in [1.82, 2.24) is 15.0 Å². The van der Waals surface area contributed by atoms with Gasteiger partial charge in [0.2, 0.25) is 5.89 Å². The van der Waals surface area contributed by atoms with E-state index in [0.29, 0.717) is 5.82 Å². The molecule has 1 saturated heterocycles. The molecule has 1 aromatic heterocycles. The average Bonchev–Trinajstić information content (AvgIpc) is 3.12. The van der Waals surface area contributed by atoms with Gasteiger partial charge in [-0.25, -0.2) is 0 Å². The summed E-state index contributed by atoms with van der Waals surface area (Å²) in [6, 6.07) is -0.172. The van der Waals surface area contributed by atoms with Crippen LogP contribution in [0.5, 0.6) is 0 Å². The molecule has 2 aliphatic rings. The van der Waals surface area contributed by atoms with E-state index in [4.69, 9.17) is 15.0 Å². The first kappa shape index (κ1) is 14.0. The highest BCUT2D eigenvalue weighted by Crippen LogP contribution is 2.27. The summed E-state index contributed by atoms with van der Waals surface area (Å²) in [4.78, 5) is 6.77. The molecule has 2 N–H and O–H groups in total. The Balaban J connectivity index is 1.52. The van der Waals surface area contributed by atoms with Crippen molar-refractivity contribution in [2.75, 3.05) is 32.8 Å². The third-order valence-corrected chi connectivity index (χ3v) is 4.31. The minimum absolute atomic E-state index is 0.172. The molecule has 0 aromatic carbocycles. The maximum atomic E-state index is 6.18. The van der Waals surface area contributed by atoms with E-state index < -0.39 is 0 Å². The molecule has 1 saturated carbocycles. The fourth-order valence-corrected chi connectivity index (χ4v) is 3.11. The van der Waals surface area contributed by atoms with Crippen LogP contribution in [0.4, 0.5) is 0 Å². The Bertz CT molecular complexity index is 411. The number of hydrogen-bond donors (Lipinski definition) is 1. The van der Waals surface area contributed by atoms with Crippen molar-refractivity contribution >= 4 is 0 Å². The number of rotatable bonds is 5. The van der Waals surface area contributed by atoms with Gasteiger partial charge >= 0.3 is 0 Å². The summed E-state index contributed by atoms with van der Waals surface area (Å²) in [6.07, 6.45) is 6.16. The highest BCUT2D eigenvalue weighted by atomic mass is 16.5. The molecule has 0 bridgehead atoms. The molecule has 3 rings (SSSR count). The molecule has 6 nitrogen and oxygen atoms in total. The highest BCUT2D eigenvalue weighted by molar-refractivity contribution is 4.95. The fourth-order valence-electron chi connectivity index (χ4n) is 3.11. The van der Waals surface area contributed by atoms with Crippen molar-refractivity contribution in [2.45, 2.75) is 38.1 Å². The van der Waals surface area contributed by atoms with Gasteiger partial charge in [0.05, 0.1) is 19.3 Å². The van der Waals surface area contributed by atoms with E-state index in [0.717, 1.165) is 51.1 Å². The van der Waals surface area contributed by atoms with Crippen LogP contribution in [-0.2, 0) is 11.2 Å². The molecule has 1 aromatic rings. The predicted molar refractivity (Wildman–Crippen MR) is 74.1 cm³/mol. The van der Waals surface area contributed by atoms with E-state index in [1.54, 1.807) is 0 Å². The van der Waals surface area contributed by atoms with E-state index in [2.05, 4.69) is 15.0 Å². The van der Waals surface area contributed by atoms with Gasteiger partial charge in [-0.2, -0.15) is 4.98 Å². The molecule has 2 heterocycles. The van der Waals surface area contributed by atoms with Crippen LogP contribution < -0.4 is 5.73 Å². The highest BCUT2D eigenvalue weighted by Gasteiger charge is 2.22. The second-order valence-electron chi connectivity index (χ2n) is 5.92. The maximum absolute atomic E-state index is 6.18. The lowest BCUT2D eigenvalue weighted by Crippen LogP contribution is -2.40. The van der Waals surface area contributed by atoms with E-state index in [-0.39, 0.29) is 6.04 Å². The molecular weight excluding hydrogens is 256 g/mol. The topological polar surface area (TPSA) is 77.4 Å². The Labute approximate surface area is 119 Å². The average molecular weight is 280 g/mol. The Kier molecular flexibility index (Phi) is 4.65. The lowest BCUT2D eigenvalue weighted by Gasteiger charge is -2.27. The smallest absolute Gasteiger partial charge is 0.226 e. The molecule has 20 heavy (non-hydrogen) atoms. The second kappa shape index (κ2) is 6.65. The largest absolute Gasteiger partial charge is 0.379 e. The van der Waals surface area contributed by atoms with Gasteiger partial charge in [-0.05, 0) is 18.8 Å². The van der Waals surface area contributed by atoms with Crippen LogP contribution in [0.25, 0.3) is 0 Å². The Morgan fingerprint density at radius 2 is 2.00 bits per heavy atom. The number of aromatic nitrogens is 2. The van der Waals surface area contributed by atoms with Crippen molar-refractivity contribution in [1.29, 1.82) is 0 Å². The molecule has 2 fully saturated rings.